The van der Waals surface area contributed by atoms with Crippen LogP contribution in [0.25, 0.3) is 0 Å². The van der Waals surface area contributed by atoms with E-state index in [0.717, 1.165) is 18.5 Å². The molecular weight excluding hydrogens is 498 g/mol. The molecule has 1 unspecified atom stereocenters. The summed E-state index contributed by atoms with van der Waals surface area (Å²) in [6.45, 7) is 1.50. The zero-order chi connectivity index (χ0) is 25.6. The highest BCUT2D eigenvalue weighted by Gasteiger charge is 2.39. The van der Waals surface area contributed by atoms with Crippen molar-refractivity contribution in [2.75, 3.05) is 30.9 Å². The Morgan fingerprint density at radius 1 is 1.29 bits per heavy atom. The number of fused-ring (bicyclic) bond motifs is 1. The third-order valence-electron chi connectivity index (χ3n) is 5.72. The number of nitrogens with zero attached hydrogens (tertiary/aromatic N) is 2. The van der Waals surface area contributed by atoms with E-state index >= 15 is 0 Å². The molecule has 0 saturated heterocycles. The van der Waals surface area contributed by atoms with Gasteiger partial charge in [-0.25, -0.2) is 9.18 Å². The monoisotopic (exact) mass is 528 g/mol. The molecule has 0 aliphatic carbocycles. The molecule has 0 saturated carbocycles. The van der Waals surface area contributed by atoms with Crippen molar-refractivity contribution >= 4 is 39.9 Å². The lowest BCUT2D eigenvalue weighted by atomic mass is 10.1. The highest BCUT2D eigenvalue weighted by atomic mass is 32.3. The smallest absolute Gasteiger partial charge is 0.368 e. The number of thioether (sulfide) groups is 1. The fourth-order valence-corrected chi connectivity index (χ4v) is 6.45. The summed E-state index contributed by atoms with van der Waals surface area (Å²) in [6.07, 6.45) is 4.59. The van der Waals surface area contributed by atoms with E-state index < -0.39 is 29.2 Å². The molecule has 2 aromatic rings. The summed E-state index contributed by atoms with van der Waals surface area (Å²) >= 11 is 1.28. The third kappa shape index (κ3) is 6.10. The molecule has 1 heterocycles. The van der Waals surface area contributed by atoms with Gasteiger partial charge in [0.2, 0.25) is 5.83 Å². The normalized spacial score (nSPS) is 19.1. The zero-order valence-corrected chi connectivity index (χ0v) is 21.2. The first-order chi connectivity index (χ1) is 16.7. The highest BCUT2D eigenvalue weighted by Crippen LogP contribution is 2.60. The van der Waals surface area contributed by atoms with E-state index in [2.05, 4.69) is 0 Å². The lowest BCUT2D eigenvalue weighted by Gasteiger charge is -2.45. The standard InChI is InChI=1S/C24H30F2N2O5S2/c1-3-4-8-18-15-27(17-9-6-5-7-10-17)20-13-22(34-2)21(33-16-19(26)24(29)30)14-23(20)35(31,32)28(18)12-11-25/h5-7,9-10,13-14,16,18,31-32H,3-4,8,11-12,15H2,1-2H3,(H,29,30)/b19-16-. The second-order valence-electron chi connectivity index (χ2n) is 7.95. The topological polar surface area (TPSA) is 93.5 Å². The van der Waals surface area contributed by atoms with Crippen molar-refractivity contribution in [1.29, 1.82) is 0 Å². The molecule has 0 fully saturated rings. The molecule has 0 radical (unpaired) electrons. The van der Waals surface area contributed by atoms with Crippen LogP contribution in [0.3, 0.4) is 0 Å². The maximum atomic E-state index is 13.6. The average molecular weight is 529 g/mol. The van der Waals surface area contributed by atoms with Gasteiger partial charge in [0.1, 0.15) is 23.6 Å². The Kier molecular flexibility index (Phi) is 9.42. The van der Waals surface area contributed by atoms with Gasteiger partial charge in [-0.05, 0) is 30.9 Å². The van der Waals surface area contributed by atoms with Crippen molar-refractivity contribution in [3.05, 3.63) is 54.6 Å². The van der Waals surface area contributed by atoms with Gasteiger partial charge in [0.25, 0.3) is 0 Å². The van der Waals surface area contributed by atoms with Crippen molar-refractivity contribution in [3.63, 3.8) is 0 Å². The van der Waals surface area contributed by atoms with E-state index in [9.17, 15) is 22.7 Å². The van der Waals surface area contributed by atoms with Crippen molar-refractivity contribution in [1.82, 2.24) is 4.31 Å². The second-order valence-corrected chi connectivity index (χ2v) is 10.7. The summed E-state index contributed by atoms with van der Waals surface area (Å²) in [5.74, 6) is -3.21. The SMILES string of the molecule is CCCCC1CN(c2ccccc2)c2cc(SC)c(O/C=C(\F)C(=O)O)cc2S(O)(O)N1CCF. The molecule has 1 aliphatic heterocycles. The van der Waals surface area contributed by atoms with Gasteiger partial charge >= 0.3 is 5.97 Å². The van der Waals surface area contributed by atoms with Crippen LogP contribution in [0.15, 0.2) is 64.3 Å². The fourth-order valence-electron chi connectivity index (χ4n) is 4.03. The summed E-state index contributed by atoms with van der Waals surface area (Å²) in [4.78, 5) is 13.5. The number of ether oxygens (including phenoxy) is 1. The number of aliphatic carboxylic acids is 1. The van der Waals surface area contributed by atoms with Crippen molar-refractivity contribution < 1.29 is 32.5 Å². The number of carbonyl (C=O) groups is 1. The molecule has 11 heteroatoms. The van der Waals surface area contributed by atoms with Crippen molar-refractivity contribution in [3.8, 4) is 5.75 Å². The molecule has 192 valence electrons. The predicted molar refractivity (Wildman–Crippen MR) is 136 cm³/mol. The molecule has 3 N–H and O–H groups in total. The highest BCUT2D eigenvalue weighted by molar-refractivity contribution is 8.22. The molecule has 1 atom stereocenters. The molecule has 0 amide bonds. The van der Waals surface area contributed by atoms with Gasteiger partial charge in [-0.1, -0.05) is 38.0 Å². The molecule has 7 nitrogen and oxygen atoms in total. The number of carboxylic acids is 1. The van der Waals surface area contributed by atoms with Gasteiger partial charge < -0.3 is 14.7 Å². The lowest BCUT2D eigenvalue weighted by Crippen LogP contribution is -2.42. The molecular formula is C24H30F2N2O5S2. The van der Waals surface area contributed by atoms with Crippen LogP contribution >= 0.6 is 22.5 Å². The Labute approximate surface area is 209 Å². The van der Waals surface area contributed by atoms with Gasteiger partial charge in [-0.3, -0.25) is 9.11 Å². The first kappa shape index (κ1) is 27.3. The van der Waals surface area contributed by atoms with E-state index in [1.54, 1.807) is 12.3 Å². The van der Waals surface area contributed by atoms with Crippen LogP contribution in [0.4, 0.5) is 20.2 Å². The van der Waals surface area contributed by atoms with Gasteiger partial charge in [0.15, 0.2) is 0 Å². The van der Waals surface area contributed by atoms with Crippen LogP contribution in [-0.2, 0) is 4.79 Å². The summed E-state index contributed by atoms with van der Waals surface area (Å²) in [5, 5.41) is 8.80. The molecule has 2 aromatic carbocycles. The Morgan fingerprint density at radius 3 is 2.60 bits per heavy atom. The predicted octanol–water partition coefficient (Wildman–Crippen LogP) is 6.69. The van der Waals surface area contributed by atoms with E-state index in [1.807, 2.05) is 42.2 Å². The maximum Gasteiger partial charge on any atom is 0.368 e. The van der Waals surface area contributed by atoms with Crippen LogP contribution in [-0.4, -0.2) is 56.5 Å². The first-order valence-corrected chi connectivity index (χ1v) is 13.9. The molecule has 35 heavy (non-hydrogen) atoms. The van der Waals surface area contributed by atoms with Crippen molar-refractivity contribution in [2.24, 2.45) is 0 Å². The van der Waals surface area contributed by atoms with E-state index in [4.69, 9.17) is 9.84 Å². The van der Waals surface area contributed by atoms with Gasteiger partial charge in [0, 0.05) is 30.9 Å². The molecule has 1 aliphatic rings. The number of para-hydroxylation sites is 1. The van der Waals surface area contributed by atoms with Gasteiger partial charge in [-0.2, -0.15) is 8.70 Å². The molecule has 0 aromatic heterocycles. The number of anilines is 2. The van der Waals surface area contributed by atoms with Crippen LogP contribution in [0.2, 0.25) is 0 Å². The van der Waals surface area contributed by atoms with E-state index in [0.29, 0.717) is 29.8 Å². The number of alkyl halides is 1. The summed E-state index contributed by atoms with van der Waals surface area (Å²) in [5.41, 5.74) is 1.34. The minimum atomic E-state index is -3.67. The first-order valence-electron chi connectivity index (χ1n) is 11.2. The Balaban J connectivity index is 2.23. The van der Waals surface area contributed by atoms with Crippen LogP contribution < -0.4 is 9.64 Å². The molecule has 0 spiro atoms. The number of hydrogen-bond donors (Lipinski definition) is 3. The zero-order valence-electron chi connectivity index (χ0n) is 19.6. The molecule has 0 bridgehead atoms. The minimum Gasteiger partial charge on any atom is -0.476 e. The Hall–Kier alpha value is -2.31. The Bertz CT molecular complexity index is 1060. The number of hydrogen-bond acceptors (Lipinski definition) is 7. The number of carboxylic acid groups (broad SMARTS) is 1. The fraction of sp³-hybridized carbons (Fsp3) is 0.375. The number of benzene rings is 2. The minimum absolute atomic E-state index is 0.0628. The van der Waals surface area contributed by atoms with Gasteiger partial charge in [-0.15, -0.1) is 22.5 Å². The molecule has 3 rings (SSSR count). The van der Waals surface area contributed by atoms with E-state index in [-0.39, 0.29) is 23.2 Å². The van der Waals surface area contributed by atoms with E-state index in [1.165, 1.54) is 22.1 Å². The number of unbranched alkanes of at least 4 members (excludes halogenated alkanes) is 1. The average Bonchev–Trinajstić information content (AvgIpc) is 2.94. The third-order valence-corrected chi connectivity index (χ3v) is 8.53. The van der Waals surface area contributed by atoms with Crippen LogP contribution in [0.1, 0.15) is 26.2 Å². The second kappa shape index (κ2) is 12.1. The quantitative estimate of drug-likeness (QED) is 0.178. The van der Waals surface area contributed by atoms with Crippen LogP contribution in [0, 0.1) is 0 Å². The maximum absolute atomic E-state index is 13.6. The largest absolute Gasteiger partial charge is 0.476 e. The number of halogens is 2. The van der Waals surface area contributed by atoms with Crippen molar-refractivity contribution in [2.45, 2.75) is 42.0 Å². The van der Waals surface area contributed by atoms with Crippen LogP contribution in [0.5, 0.6) is 5.75 Å². The number of rotatable bonds is 10. The summed E-state index contributed by atoms with van der Waals surface area (Å²) in [6, 6.07) is 12.2. The summed E-state index contributed by atoms with van der Waals surface area (Å²) < 4.78 is 57.0. The lowest BCUT2D eigenvalue weighted by molar-refractivity contribution is -0.134. The summed E-state index contributed by atoms with van der Waals surface area (Å²) in [7, 11) is -3.67. The Morgan fingerprint density at radius 2 is 2.00 bits per heavy atom. The van der Waals surface area contributed by atoms with Gasteiger partial charge in [0.05, 0.1) is 10.6 Å².